The van der Waals surface area contributed by atoms with E-state index >= 15 is 0 Å². The molecule has 0 aromatic rings. The minimum Gasteiger partial charge on any atom is -0.466 e. The molecule has 2 atom stereocenters. The van der Waals surface area contributed by atoms with Crippen molar-refractivity contribution in [3.05, 3.63) is 12.2 Å². The van der Waals surface area contributed by atoms with E-state index in [0.29, 0.717) is 18.9 Å². The first-order chi connectivity index (χ1) is 17.0. The molecule has 208 valence electrons. The van der Waals surface area contributed by atoms with Gasteiger partial charge in [0.1, 0.15) is 0 Å². The van der Waals surface area contributed by atoms with Crippen LogP contribution in [0.5, 0.6) is 0 Å². The number of hydrogen-bond donors (Lipinski definition) is 0. The van der Waals surface area contributed by atoms with Crippen LogP contribution in [0.2, 0.25) is 0 Å². The lowest BCUT2D eigenvalue weighted by atomic mass is 9.93. The van der Waals surface area contributed by atoms with Crippen LogP contribution < -0.4 is 0 Å². The lowest BCUT2D eigenvalue weighted by molar-refractivity contribution is -0.144. The van der Waals surface area contributed by atoms with Crippen molar-refractivity contribution in [1.29, 1.82) is 0 Å². The Hall–Kier alpha value is -0.790. The standard InChI is InChI=1S/C33H64O2/c1-6-7-8-9-10-11-12-13-14-15-16-17-18-19-20-27-33(34)35-29-28-32(5)26-22-25-31(4)24-21-23-30(2)3/h13-14,30-32H,6-12,15-29H2,1-5H3/b14-13-. The maximum atomic E-state index is 12.0. The summed E-state index contributed by atoms with van der Waals surface area (Å²) < 4.78 is 5.49. The number of carbonyl (C=O) groups excluding carboxylic acids is 1. The summed E-state index contributed by atoms with van der Waals surface area (Å²) in [5.74, 6) is 2.35. The summed E-state index contributed by atoms with van der Waals surface area (Å²) in [5.41, 5.74) is 0. The smallest absolute Gasteiger partial charge is 0.305 e. The lowest BCUT2D eigenvalue weighted by Gasteiger charge is -2.15. The third-order valence-corrected chi connectivity index (χ3v) is 7.39. The highest BCUT2D eigenvalue weighted by atomic mass is 16.5. The molecule has 0 N–H and O–H groups in total. The average molecular weight is 493 g/mol. The molecular formula is C33H64O2. The van der Waals surface area contributed by atoms with Crippen molar-refractivity contribution in [2.45, 2.75) is 169 Å². The Morgan fingerprint density at radius 3 is 1.66 bits per heavy atom. The summed E-state index contributed by atoms with van der Waals surface area (Å²) >= 11 is 0. The molecule has 0 aliphatic heterocycles. The van der Waals surface area contributed by atoms with Crippen molar-refractivity contribution in [3.8, 4) is 0 Å². The van der Waals surface area contributed by atoms with Crippen LogP contribution in [0.3, 0.4) is 0 Å². The fraction of sp³-hybridized carbons (Fsp3) is 0.909. The van der Waals surface area contributed by atoms with Crippen molar-refractivity contribution in [3.63, 3.8) is 0 Å². The van der Waals surface area contributed by atoms with Gasteiger partial charge in [0, 0.05) is 6.42 Å². The van der Waals surface area contributed by atoms with E-state index in [1.54, 1.807) is 0 Å². The van der Waals surface area contributed by atoms with E-state index < -0.39 is 0 Å². The highest BCUT2D eigenvalue weighted by molar-refractivity contribution is 5.69. The second kappa shape index (κ2) is 26.3. The van der Waals surface area contributed by atoms with E-state index in [1.165, 1.54) is 109 Å². The van der Waals surface area contributed by atoms with Crippen LogP contribution >= 0.6 is 0 Å². The summed E-state index contributed by atoms with van der Waals surface area (Å²) in [6.07, 6.45) is 31.1. The van der Waals surface area contributed by atoms with E-state index in [0.717, 1.165) is 31.1 Å². The van der Waals surface area contributed by atoms with Crippen molar-refractivity contribution >= 4 is 5.97 Å². The van der Waals surface area contributed by atoms with Crippen LogP contribution in [0.4, 0.5) is 0 Å². The molecule has 0 radical (unpaired) electrons. The molecule has 0 spiro atoms. The molecule has 0 rings (SSSR count). The lowest BCUT2D eigenvalue weighted by Crippen LogP contribution is -2.09. The number of allylic oxidation sites excluding steroid dienone is 2. The van der Waals surface area contributed by atoms with Crippen molar-refractivity contribution in [2.75, 3.05) is 6.61 Å². The number of hydrogen-bond acceptors (Lipinski definition) is 2. The topological polar surface area (TPSA) is 26.3 Å². The van der Waals surface area contributed by atoms with Gasteiger partial charge in [0.25, 0.3) is 0 Å². The Morgan fingerprint density at radius 2 is 1.09 bits per heavy atom. The zero-order valence-electron chi connectivity index (χ0n) is 24.8. The maximum Gasteiger partial charge on any atom is 0.305 e. The predicted octanol–water partition coefficient (Wildman–Crippen LogP) is 11.2. The molecule has 0 aliphatic rings. The van der Waals surface area contributed by atoms with Crippen LogP contribution in [0.25, 0.3) is 0 Å². The summed E-state index contributed by atoms with van der Waals surface area (Å²) in [4.78, 5) is 12.0. The number of unbranched alkanes of at least 4 members (excludes halogenated alkanes) is 11. The Morgan fingerprint density at radius 1 is 0.600 bits per heavy atom. The van der Waals surface area contributed by atoms with Gasteiger partial charge in [0.15, 0.2) is 0 Å². The monoisotopic (exact) mass is 492 g/mol. The van der Waals surface area contributed by atoms with E-state index in [-0.39, 0.29) is 5.97 Å². The van der Waals surface area contributed by atoms with Crippen LogP contribution in [-0.2, 0) is 9.53 Å². The molecule has 0 fully saturated rings. The molecule has 0 aliphatic carbocycles. The number of rotatable bonds is 26. The van der Waals surface area contributed by atoms with Crippen LogP contribution in [0, 0.1) is 17.8 Å². The predicted molar refractivity (Wildman–Crippen MR) is 156 cm³/mol. The molecule has 0 aromatic heterocycles. The summed E-state index contributed by atoms with van der Waals surface area (Å²) in [6, 6.07) is 0. The molecule has 0 amide bonds. The molecular weight excluding hydrogens is 428 g/mol. The van der Waals surface area contributed by atoms with Gasteiger partial charge in [-0.15, -0.1) is 0 Å². The van der Waals surface area contributed by atoms with Gasteiger partial charge in [-0.2, -0.15) is 0 Å². The number of esters is 1. The third-order valence-electron chi connectivity index (χ3n) is 7.39. The minimum absolute atomic E-state index is 0.00796. The Kier molecular flexibility index (Phi) is 25.7. The molecule has 0 bridgehead atoms. The second-order valence-electron chi connectivity index (χ2n) is 11.8. The molecule has 0 saturated heterocycles. The summed E-state index contributed by atoms with van der Waals surface area (Å²) in [6.45, 7) is 12.2. The molecule has 0 aromatic carbocycles. The largest absolute Gasteiger partial charge is 0.466 e. The maximum absolute atomic E-state index is 12.0. The molecule has 0 heterocycles. The van der Waals surface area contributed by atoms with Gasteiger partial charge < -0.3 is 4.74 Å². The average Bonchev–Trinajstić information content (AvgIpc) is 2.81. The Bertz CT molecular complexity index is 468. The summed E-state index contributed by atoms with van der Waals surface area (Å²) in [7, 11) is 0. The second-order valence-corrected chi connectivity index (χ2v) is 11.8. The van der Waals surface area contributed by atoms with E-state index in [1.807, 2.05) is 0 Å². The first-order valence-corrected chi connectivity index (χ1v) is 15.8. The van der Waals surface area contributed by atoms with Gasteiger partial charge in [-0.1, -0.05) is 137 Å². The summed E-state index contributed by atoms with van der Waals surface area (Å²) in [5, 5.41) is 0. The molecule has 2 heteroatoms. The third kappa shape index (κ3) is 27.6. The van der Waals surface area contributed by atoms with Gasteiger partial charge in [-0.3, -0.25) is 4.79 Å². The van der Waals surface area contributed by atoms with Gasteiger partial charge in [0.2, 0.25) is 0 Å². The molecule has 35 heavy (non-hydrogen) atoms. The normalized spacial score (nSPS) is 13.5. The van der Waals surface area contributed by atoms with Gasteiger partial charge in [-0.25, -0.2) is 0 Å². The van der Waals surface area contributed by atoms with Crippen molar-refractivity contribution in [1.82, 2.24) is 0 Å². The van der Waals surface area contributed by atoms with E-state index in [4.69, 9.17) is 4.74 Å². The fourth-order valence-corrected chi connectivity index (χ4v) is 4.76. The number of ether oxygens (including phenoxy) is 1. The van der Waals surface area contributed by atoms with Crippen LogP contribution in [0.1, 0.15) is 169 Å². The van der Waals surface area contributed by atoms with Crippen LogP contribution in [-0.4, -0.2) is 12.6 Å². The molecule has 2 unspecified atom stereocenters. The van der Waals surface area contributed by atoms with Crippen LogP contribution in [0.15, 0.2) is 12.2 Å². The van der Waals surface area contributed by atoms with Crippen molar-refractivity contribution < 1.29 is 9.53 Å². The van der Waals surface area contributed by atoms with Gasteiger partial charge in [-0.05, 0) is 56.3 Å². The van der Waals surface area contributed by atoms with Gasteiger partial charge in [0.05, 0.1) is 6.61 Å². The van der Waals surface area contributed by atoms with E-state index in [2.05, 4.69) is 46.8 Å². The van der Waals surface area contributed by atoms with Crippen molar-refractivity contribution in [2.24, 2.45) is 17.8 Å². The minimum atomic E-state index is 0.00796. The molecule has 0 saturated carbocycles. The highest BCUT2D eigenvalue weighted by Gasteiger charge is 2.08. The first kappa shape index (κ1) is 34.2. The molecule has 2 nitrogen and oxygen atoms in total. The Labute approximate surface area is 221 Å². The number of carbonyl (C=O) groups is 1. The SMILES string of the molecule is CCCCCCCC/C=C\CCCCCCCC(=O)OCCC(C)CCCC(C)CCCC(C)C. The van der Waals surface area contributed by atoms with E-state index in [9.17, 15) is 4.79 Å². The zero-order chi connectivity index (χ0) is 26.0. The fourth-order valence-electron chi connectivity index (χ4n) is 4.76. The Balaban J connectivity index is 3.41. The highest BCUT2D eigenvalue weighted by Crippen LogP contribution is 2.20. The van der Waals surface area contributed by atoms with Gasteiger partial charge >= 0.3 is 5.97 Å². The first-order valence-electron chi connectivity index (χ1n) is 15.8. The quantitative estimate of drug-likeness (QED) is 0.0681. The zero-order valence-corrected chi connectivity index (χ0v) is 24.8.